The van der Waals surface area contributed by atoms with Gasteiger partial charge >= 0.3 is 5.56 Å². The first-order valence-corrected chi connectivity index (χ1v) is 9.98. The van der Waals surface area contributed by atoms with Gasteiger partial charge in [0, 0.05) is 30.9 Å². The van der Waals surface area contributed by atoms with Gasteiger partial charge in [0.05, 0.1) is 5.69 Å². The molecule has 31 heavy (non-hydrogen) atoms. The Morgan fingerprint density at radius 1 is 1.13 bits per heavy atom. The Kier molecular flexibility index (Phi) is 5.62. The number of halogens is 1. The molecule has 0 fully saturated rings. The minimum atomic E-state index is -0.427. The van der Waals surface area contributed by atoms with Crippen molar-refractivity contribution in [2.75, 3.05) is 5.32 Å². The Labute approximate surface area is 178 Å². The maximum Gasteiger partial charge on any atom is 0.300 e. The topological polar surface area (TPSA) is 81.3 Å². The van der Waals surface area contributed by atoms with E-state index in [4.69, 9.17) is 0 Å². The molecule has 0 radical (unpaired) electrons. The van der Waals surface area contributed by atoms with E-state index < -0.39 is 11.4 Å². The van der Waals surface area contributed by atoms with Gasteiger partial charge in [-0.25, -0.2) is 4.39 Å². The summed E-state index contributed by atoms with van der Waals surface area (Å²) in [5.74, 6) is 0.0711. The lowest BCUT2D eigenvalue weighted by Gasteiger charge is -2.11. The summed E-state index contributed by atoms with van der Waals surface area (Å²) in [4.78, 5) is 25.2. The van der Waals surface area contributed by atoms with Crippen molar-refractivity contribution in [3.63, 3.8) is 0 Å². The standard InChI is InChI=1S/C23H22FN5O2/c1-15-5-3-7-18(11-15)25-21(30)13-16(2)12-20-26-27-22-23(31)28(9-10-29(20)22)19-8-4-6-17(24)14-19/h3-11,14,16H,12-13H2,1-2H3,(H,25,30). The van der Waals surface area contributed by atoms with Crippen LogP contribution in [0, 0.1) is 18.7 Å². The molecule has 1 atom stereocenters. The van der Waals surface area contributed by atoms with Gasteiger partial charge in [-0.3, -0.25) is 18.6 Å². The van der Waals surface area contributed by atoms with Crippen molar-refractivity contribution >= 4 is 17.2 Å². The average molecular weight is 419 g/mol. The zero-order valence-electron chi connectivity index (χ0n) is 17.2. The van der Waals surface area contributed by atoms with Gasteiger partial charge in [-0.2, -0.15) is 0 Å². The van der Waals surface area contributed by atoms with E-state index in [1.165, 1.54) is 16.7 Å². The summed E-state index contributed by atoms with van der Waals surface area (Å²) in [6, 6.07) is 13.4. The molecule has 0 saturated heterocycles. The minimum Gasteiger partial charge on any atom is -0.326 e. The van der Waals surface area contributed by atoms with E-state index in [0.717, 1.165) is 11.3 Å². The van der Waals surface area contributed by atoms with Crippen LogP contribution < -0.4 is 10.9 Å². The fourth-order valence-electron chi connectivity index (χ4n) is 3.54. The number of amides is 1. The number of fused-ring (bicyclic) bond motifs is 1. The molecule has 0 aliphatic rings. The smallest absolute Gasteiger partial charge is 0.300 e. The van der Waals surface area contributed by atoms with Crippen LogP contribution in [0.3, 0.4) is 0 Å². The van der Waals surface area contributed by atoms with Crippen LogP contribution in [0.5, 0.6) is 0 Å². The number of aryl methyl sites for hydroxylation is 1. The van der Waals surface area contributed by atoms with Crippen LogP contribution in [0.4, 0.5) is 10.1 Å². The Balaban J connectivity index is 1.49. The van der Waals surface area contributed by atoms with E-state index in [9.17, 15) is 14.0 Å². The summed E-state index contributed by atoms with van der Waals surface area (Å²) in [5.41, 5.74) is 2.01. The molecule has 8 heteroatoms. The van der Waals surface area contributed by atoms with Gasteiger partial charge in [-0.15, -0.1) is 10.2 Å². The van der Waals surface area contributed by atoms with Gasteiger partial charge in [0.1, 0.15) is 11.6 Å². The van der Waals surface area contributed by atoms with E-state index >= 15 is 0 Å². The van der Waals surface area contributed by atoms with Crippen LogP contribution in [-0.2, 0) is 11.2 Å². The normalized spacial score (nSPS) is 12.1. The highest BCUT2D eigenvalue weighted by Gasteiger charge is 2.16. The first-order chi connectivity index (χ1) is 14.9. The molecule has 7 nitrogen and oxygen atoms in total. The first-order valence-electron chi connectivity index (χ1n) is 9.98. The number of carbonyl (C=O) groups excluding carboxylic acids is 1. The van der Waals surface area contributed by atoms with Crippen LogP contribution >= 0.6 is 0 Å². The largest absolute Gasteiger partial charge is 0.326 e. The molecule has 2 heterocycles. The molecule has 0 aliphatic heterocycles. The summed E-state index contributed by atoms with van der Waals surface area (Å²) in [7, 11) is 0. The zero-order chi connectivity index (χ0) is 22.0. The summed E-state index contributed by atoms with van der Waals surface area (Å²) >= 11 is 0. The van der Waals surface area contributed by atoms with E-state index in [0.29, 0.717) is 24.4 Å². The van der Waals surface area contributed by atoms with Crippen molar-refractivity contribution in [2.24, 2.45) is 5.92 Å². The highest BCUT2D eigenvalue weighted by molar-refractivity contribution is 5.90. The second-order valence-corrected chi connectivity index (χ2v) is 7.69. The number of anilines is 1. The molecule has 1 amide bonds. The Morgan fingerprint density at radius 2 is 1.94 bits per heavy atom. The Bertz CT molecular complexity index is 1310. The number of aromatic nitrogens is 4. The zero-order valence-corrected chi connectivity index (χ0v) is 17.2. The van der Waals surface area contributed by atoms with Crippen LogP contribution in [0.2, 0.25) is 0 Å². The second kappa shape index (κ2) is 8.51. The van der Waals surface area contributed by atoms with Crippen molar-refractivity contribution in [2.45, 2.75) is 26.7 Å². The summed E-state index contributed by atoms with van der Waals surface area (Å²) < 4.78 is 16.5. The third-order valence-corrected chi connectivity index (χ3v) is 4.99. The fraction of sp³-hybridized carbons (Fsp3) is 0.217. The lowest BCUT2D eigenvalue weighted by atomic mass is 10.0. The van der Waals surface area contributed by atoms with Gasteiger partial charge in [0.25, 0.3) is 0 Å². The first kappa shape index (κ1) is 20.5. The summed E-state index contributed by atoms with van der Waals surface area (Å²) in [5, 5.41) is 11.1. The second-order valence-electron chi connectivity index (χ2n) is 7.69. The number of nitrogens with one attached hydrogen (secondary N) is 1. The lowest BCUT2D eigenvalue weighted by Crippen LogP contribution is -2.21. The van der Waals surface area contributed by atoms with Gasteiger partial charge in [-0.05, 0) is 48.7 Å². The van der Waals surface area contributed by atoms with Crippen molar-refractivity contribution in [3.05, 3.63) is 88.5 Å². The monoisotopic (exact) mass is 419 g/mol. The van der Waals surface area contributed by atoms with Crippen molar-refractivity contribution < 1.29 is 9.18 Å². The molecule has 1 unspecified atom stereocenters. The molecule has 2 aromatic carbocycles. The molecule has 0 spiro atoms. The molecule has 158 valence electrons. The van der Waals surface area contributed by atoms with Crippen molar-refractivity contribution in [1.29, 1.82) is 0 Å². The molecule has 2 aromatic heterocycles. The summed E-state index contributed by atoms with van der Waals surface area (Å²) in [6.07, 6.45) is 4.03. The van der Waals surface area contributed by atoms with Crippen LogP contribution in [0.15, 0.2) is 65.7 Å². The van der Waals surface area contributed by atoms with Crippen molar-refractivity contribution in [1.82, 2.24) is 19.2 Å². The number of nitrogens with zero attached hydrogens (tertiary/aromatic N) is 4. The molecule has 0 bridgehead atoms. The van der Waals surface area contributed by atoms with E-state index in [1.54, 1.807) is 28.9 Å². The third-order valence-electron chi connectivity index (χ3n) is 4.99. The Hall–Kier alpha value is -3.81. The van der Waals surface area contributed by atoms with Gasteiger partial charge in [-0.1, -0.05) is 25.1 Å². The highest BCUT2D eigenvalue weighted by Crippen LogP contribution is 2.15. The number of hydrogen-bond acceptors (Lipinski definition) is 4. The molecule has 4 aromatic rings. The van der Waals surface area contributed by atoms with Crippen molar-refractivity contribution in [3.8, 4) is 5.69 Å². The fourth-order valence-corrected chi connectivity index (χ4v) is 3.54. The van der Waals surface area contributed by atoms with Crippen LogP contribution in [0.1, 0.15) is 24.7 Å². The molecular weight excluding hydrogens is 397 g/mol. The molecule has 4 rings (SSSR count). The number of benzene rings is 2. The van der Waals surface area contributed by atoms with E-state index in [2.05, 4.69) is 15.5 Å². The predicted molar refractivity (Wildman–Crippen MR) is 116 cm³/mol. The van der Waals surface area contributed by atoms with Gasteiger partial charge in [0.15, 0.2) is 0 Å². The minimum absolute atomic E-state index is 0.0112. The number of carbonyl (C=O) groups is 1. The molecule has 1 N–H and O–H groups in total. The van der Waals surface area contributed by atoms with E-state index in [1.807, 2.05) is 38.1 Å². The molecule has 0 saturated carbocycles. The average Bonchev–Trinajstić information content (AvgIpc) is 3.11. The quantitative estimate of drug-likeness (QED) is 0.518. The maximum atomic E-state index is 13.5. The van der Waals surface area contributed by atoms with Crippen LogP contribution in [-0.4, -0.2) is 25.1 Å². The molecular formula is C23H22FN5O2. The Morgan fingerprint density at radius 3 is 2.71 bits per heavy atom. The lowest BCUT2D eigenvalue weighted by molar-refractivity contribution is -0.116. The maximum absolute atomic E-state index is 13.5. The van der Waals surface area contributed by atoms with Gasteiger partial charge < -0.3 is 5.32 Å². The predicted octanol–water partition coefficient (Wildman–Crippen LogP) is 3.54. The van der Waals surface area contributed by atoms with E-state index in [-0.39, 0.29) is 17.5 Å². The molecule has 0 aliphatic carbocycles. The SMILES string of the molecule is Cc1cccc(NC(=O)CC(C)Cc2nnc3c(=O)n(-c4cccc(F)c4)ccn23)c1. The number of rotatable bonds is 6. The van der Waals surface area contributed by atoms with Gasteiger partial charge in [0.2, 0.25) is 11.6 Å². The highest BCUT2D eigenvalue weighted by atomic mass is 19.1. The summed E-state index contributed by atoms with van der Waals surface area (Å²) in [6.45, 7) is 3.92. The van der Waals surface area contributed by atoms with Crippen LogP contribution in [0.25, 0.3) is 11.3 Å². The number of hydrogen-bond donors (Lipinski definition) is 1. The third kappa shape index (κ3) is 4.53.